The highest BCUT2D eigenvalue weighted by molar-refractivity contribution is 14.1. The van der Waals surface area contributed by atoms with E-state index in [1.807, 2.05) is 4.93 Å². The summed E-state index contributed by atoms with van der Waals surface area (Å²) in [6.07, 6.45) is 7.26. The first kappa shape index (κ1) is 16.5. The summed E-state index contributed by atoms with van der Waals surface area (Å²) in [5.41, 5.74) is 2.72. The summed E-state index contributed by atoms with van der Waals surface area (Å²) in [5, 5.41) is 1.39. The van der Waals surface area contributed by atoms with Crippen LogP contribution >= 0.6 is 22.6 Å². The second kappa shape index (κ2) is 9.37. The topological polar surface area (TPSA) is 19.0 Å². The van der Waals surface area contributed by atoms with Crippen LogP contribution in [-0.2, 0) is 6.42 Å². The van der Waals surface area contributed by atoms with Crippen LogP contribution in [0.5, 0.6) is 0 Å². The molecule has 0 amide bonds. The molecule has 0 aliphatic heterocycles. The number of aromatic nitrogens is 1. The standard InChI is InChI=1S/C15H22N2.CH3I/c1-17(2)11-7-3-4-8-13-12-16-15-10-6-5-9-14(13)15;1-2/h5-6,9-10,12,16H,3-4,7-8,11H2,1-2H3;1H3. The fourth-order valence-corrected chi connectivity index (χ4v) is 2.26. The van der Waals surface area contributed by atoms with Gasteiger partial charge in [-0.05, 0) is 56.5 Å². The molecule has 0 atom stereocenters. The first-order valence-electron chi connectivity index (χ1n) is 6.85. The van der Waals surface area contributed by atoms with E-state index in [-0.39, 0.29) is 0 Å². The van der Waals surface area contributed by atoms with Crippen LogP contribution in [0.25, 0.3) is 10.9 Å². The zero-order valence-corrected chi connectivity index (χ0v) is 14.4. The van der Waals surface area contributed by atoms with E-state index in [1.165, 1.54) is 48.7 Å². The zero-order valence-electron chi connectivity index (χ0n) is 12.2. The maximum atomic E-state index is 3.34. The fraction of sp³-hybridized carbons (Fsp3) is 0.500. The summed E-state index contributed by atoms with van der Waals surface area (Å²) in [6.45, 7) is 1.20. The number of hydrogen-bond acceptors (Lipinski definition) is 1. The second-order valence-corrected chi connectivity index (χ2v) is 4.97. The van der Waals surface area contributed by atoms with Gasteiger partial charge in [-0.15, -0.1) is 0 Å². The van der Waals surface area contributed by atoms with Gasteiger partial charge in [0, 0.05) is 17.1 Å². The smallest absolute Gasteiger partial charge is 0.0456 e. The van der Waals surface area contributed by atoms with Crippen molar-refractivity contribution < 1.29 is 0 Å². The number of nitrogens with one attached hydrogen (secondary N) is 1. The Morgan fingerprint density at radius 3 is 2.53 bits per heavy atom. The third-order valence-electron chi connectivity index (χ3n) is 3.23. The average molecular weight is 372 g/mol. The number of benzene rings is 1. The average Bonchev–Trinajstić information content (AvgIpc) is 2.84. The van der Waals surface area contributed by atoms with Crippen molar-refractivity contribution in [3.05, 3.63) is 36.0 Å². The van der Waals surface area contributed by atoms with Gasteiger partial charge in [0.1, 0.15) is 0 Å². The Balaban J connectivity index is 0.000000861. The lowest BCUT2D eigenvalue weighted by molar-refractivity contribution is 0.392. The van der Waals surface area contributed by atoms with E-state index in [0.717, 1.165) is 0 Å². The highest BCUT2D eigenvalue weighted by Crippen LogP contribution is 2.19. The first-order chi connectivity index (χ1) is 9.27. The number of rotatable bonds is 6. The summed E-state index contributed by atoms with van der Waals surface area (Å²) in [4.78, 5) is 7.56. The molecule has 2 nitrogen and oxygen atoms in total. The Morgan fingerprint density at radius 1 is 1.05 bits per heavy atom. The number of alkyl halides is 1. The van der Waals surface area contributed by atoms with Crippen molar-refractivity contribution in [1.29, 1.82) is 0 Å². The normalized spacial score (nSPS) is 10.6. The molecule has 0 bridgehead atoms. The fourth-order valence-electron chi connectivity index (χ4n) is 2.26. The molecule has 106 valence electrons. The third kappa shape index (κ3) is 5.53. The van der Waals surface area contributed by atoms with Crippen molar-refractivity contribution in [2.75, 3.05) is 25.6 Å². The van der Waals surface area contributed by atoms with E-state index in [0.29, 0.717) is 0 Å². The molecule has 0 unspecified atom stereocenters. The molecule has 1 aromatic carbocycles. The molecule has 0 aliphatic carbocycles. The minimum absolute atomic E-state index is 1.19. The SMILES string of the molecule is CI.CN(C)CCCCCc1c[nH]c2ccccc12. The van der Waals surface area contributed by atoms with E-state index in [4.69, 9.17) is 0 Å². The maximum Gasteiger partial charge on any atom is 0.0456 e. The van der Waals surface area contributed by atoms with Crippen molar-refractivity contribution in [3.8, 4) is 0 Å². The predicted molar refractivity (Wildman–Crippen MR) is 94.4 cm³/mol. The van der Waals surface area contributed by atoms with Gasteiger partial charge in [0.25, 0.3) is 0 Å². The lowest BCUT2D eigenvalue weighted by Gasteiger charge is -2.08. The van der Waals surface area contributed by atoms with Gasteiger partial charge in [-0.2, -0.15) is 0 Å². The van der Waals surface area contributed by atoms with E-state index in [9.17, 15) is 0 Å². The third-order valence-corrected chi connectivity index (χ3v) is 3.23. The van der Waals surface area contributed by atoms with E-state index in [2.05, 4.69) is 77.0 Å². The lowest BCUT2D eigenvalue weighted by Crippen LogP contribution is -2.12. The quantitative estimate of drug-likeness (QED) is 0.450. The predicted octanol–water partition coefficient (Wildman–Crippen LogP) is 4.49. The van der Waals surface area contributed by atoms with Crippen molar-refractivity contribution in [3.63, 3.8) is 0 Å². The van der Waals surface area contributed by atoms with Gasteiger partial charge in [0.05, 0.1) is 0 Å². The molecule has 2 aromatic rings. The molecule has 19 heavy (non-hydrogen) atoms. The first-order valence-corrected chi connectivity index (χ1v) is 9.00. The van der Waals surface area contributed by atoms with Crippen LogP contribution in [0.2, 0.25) is 0 Å². The van der Waals surface area contributed by atoms with Gasteiger partial charge in [-0.1, -0.05) is 47.2 Å². The molecule has 1 heterocycles. The van der Waals surface area contributed by atoms with Crippen molar-refractivity contribution in [2.24, 2.45) is 0 Å². The molecule has 0 saturated heterocycles. The van der Waals surface area contributed by atoms with E-state index in [1.54, 1.807) is 0 Å². The van der Waals surface area contributed by atoms with Crippen LogP contribution in [0.1, 0.15) is 24.8 Å². The van der Waals surface area contributed by atoms with E-state index < -0.39 is 0 Å². The van der Waals surface area contributed by atoms with Gasteiger partial charge in [0.2, 0.25) is 0 Å². The van der Waals surface area contributed by atoms with Gasteiger partial charge >= 0.3 is 0 Å². The Bertz CT molecular complexity index is 462. The van der Waals surface area contributed by atoms with Gasteiger partial charge in [-0.3, -0.25) is 0 Å². The summed E-state index contributed by atoms with van der Waals surface area (Å²) >= 11 is 2.15. The number of H-pyrrole nitrogens is 1. The summed E-state index contributed by atoms with van der Waals surface area (Å²) in [5.74, 6) is 0. The van der Waals surface area contributed by atoms with Crippen LogP contribution in [0.4, 0.5) is 0 Å². The monoisotopic (exact) mass is 372 g/mol. The van der Waals surface area contributed by atoms with Gasteiger partial charge < -0.3 is 9.88 Å². The minimum atomic E-state index is 1.19. The van der Waals surface area contributed by atoms with Crippen LogP contribution in [0.3, 0.4) is 0 Å². The number of para-hydroxylation sites is 1. The number of nitrogens with zero attached hydrogens (tertiary/aromatic N) is 1. The molecule has 3 heteroatoms. The number of unbranched alkanes of at least 4 members (excludes halogenated alkanes) is 2. The molecule has 0 aliphatic rings. The Hall–Kier alpha value is -0.550. The molecule has 0 fully saturated rings. The van der Waals surface area contributed by atoms with Crippen molar-refractivity contribution in [1.82, 2.24) is 9.88 Å². The molecular weight excluding hydrogens is 347 g/mol. The molecule has 0 radical (unpaired) electrons. The molecular formula is C16H25IN2. The number of halogens is 1. The molecule has 0 spiro atoms. The largest absolute Gasteiger partial charge is 0.361 e. The molecule has 2 rings (SSSR count). The Kier molecular flexibility index (Phi) is 8.14. The lowest BCUT2D eigenvalue weighted by atomic mass is 10.1. The number of hydrogen-bond donors (Lipinski definition) is 1. The van der Waals surface area contributed by atoms with Crippen LogP contribution in [-0.4, -0.2) is 35.5 Å². The van der Waals surface area contributed by atoms with Gasteiger partial charge in [0.15, 0.2) is 0 Å². The highest BCUT2D eigenvalue weighted by Gasteiger charge is 2.02. The number of fused-ring (bicyclic) bond motifs is 1. The summed E-state index contributed by atoms with van der Waals surface area (Å²) in [6, 6.07) is 8.55. The molecule has 1 N–H and O–H groups in total. The zero-order chi connectivity index (χ0) is 14.1. The minimum Gasteiger partial charge on any atom is -0.361 e. The Morgan fingerprint density at radius 2 is 1.79 bits per heavy atom. The molecule has 1 aromatic heterocycles. The molecule has 0 saturated carbocycles. The van der Waals surface area contributed by atoms with Crippen LogP contribution < -0.4 is 0 Å². The van der Waals surface area contributed by atoms with Crippen molar-refractivity contribution >= 4 is 33.5 Å². The maximum absolute atomic E-state index is 3.34. The van der Waals surface area contributed by atoms with Gasteiger partial charge in [-0.25, -0.2) is 0 Å². The highest BCUT2D eigenvalue weighted by atomic mass is 127. The number of aromatic amines is 1. The summed E-state index contributed by atoms with van der Waals surface area (Å²) < 4.78 is 0. The van der Waals surface area contributed by atoms with E-state index >= 15 is 0 Å². The van der Waals surface area contributed by atoms with Crippen LogP contribution in [0.15, 0.2) is 30.5 Å². The van der Waals surface area contributed by atoms with Crippen molar-refractivity contribution in [2.45, 2.75) is 25.7 Å². The Labute approximate surface area is 130 Å². The number of aryl methyl sites for hydroxylation is 1. The van der Waals surface area contributed by atoms with Crippen LogP contribution in [0, 0.1) is 0 Å². The summed E-state index contributed by atoms with van der Waals surface area (Å²) in [7, 11) is 4.28. The second-order valence-electron chi connectivity index (χ2n) is 4.97.